The average molecular weight is 331 g/mol. The Bertz CT molecular complexity index is 912. The van der Waals surface area contributed by atoms with Crippen LogP contribution in [0.5, 0.6) is 0 Å². The van der Waals surface area contributed by atoms with Crippen molar-refractivity contribution in [2.45, 2.75) is 25.5 Å². The van der Waals surface area contributed by atoms with E-state index in [0.29, 0.717) is 22.6 Å². The lowest BCUT2D eigenvalue weighted by atomic mass is 10.2. The zero-order valence-corrected chi connectivity index (χ0v) is 13.1. The number of aromatic nitrogens is 4. The summed E-state index contributed by atoms with van der Waals surface area (Å²) in [5, 5.41) is 5.39. The summed E-state index contributed by atoms with van der Waals surface area (Å²) in [6, 6.07) is 7.29. The summed E-state index contributed by atoms with van der Waals surface area (Å²) >= 11 is 6.02. The van der Waals surface area contributed by atoms with Gasteiger partial charge in [0.2, 0.25) is 0 Å². The van der Waals surface area contributed by atoms with E-state index in [4.69, 9.17) is 16.3 Å². The first-order chi connectivity index (χ1) is 11.2. The van der Waals surface area contributed by atoms with Crippen molar-refractivity contribution in [1.82, 2.24) is 19.3 Å². The lowest BCUT2D eigenvalue weighted by Crippen LogP contribution is -2.26. The van der Waals surface area contributed by atoms with Crippen LogP contribution in [-0.4, -0.2) is 32.0 Å². The molecule has 1 aliphatic rings. The number of nitrogens with zero attached hydrogens (tertiary/aromatic N) is 4. The first-order valence-corrected chi connectivity index (χ1v) is 7.91. The van der Waals surface area contributed by atoms with Gasteiger partial charge < -0.3 is 4.74 Å². The predicted molar refractivity (Wildman–Crippen MR) is 87.1 cm³/mol. The Balaban J connectivity index is 1.76. The van der Waals surface area contributed by atoms with E-state index in [1.165, 1.54) is 0 Å². The predicted octanol–water partition coefficient (Wildman–Crippen LogP) is 2.41. The van der Waals surface area contributed by atoms with E-state index in [-0.39, 0.29) is 11.7 Å². The molecule has 0 spiro atoms. The third-order valence-corrected chi connectivity index (χ3v) is 4.27. The van der Waals surface area contributed by atoms with Crippen LogP contribution in [0.1, 0.15) is 12.8 Å². The zero-order valence-electron chi connectivity index (χ0n) is 12.4. The molecule has 7 heteroatoms. The second-order valence-corrected chi connectivity index (χ2v) is 6.05. The van der Waals surface area contributed by atoms with Crippen LogP contribution in [-0.2, 0) is 11.3 Å². The van der Waals surface area contributed by atoms with Crippen molar-refractivity contribution >= 4 is 22.6 Å². The van der Waals surface area contributed by atoms with Crippen molar-refractivity contribution in [2.75, 3.05) is 6.61 Å². The van der Waals surface area contributed by atoms with Crippen molar-refractivity contribution in [3.05, 3.63) is 52.2 Å². The van der Waals surface area contributed by atoms with Crippen LogP contribution in [0.25, 0.3) is 16.7 Å². The van der Waals surface area contributed by atoms with Gasteiger partial charge in [-0.3, -0.25) is 9.36 Å². The van der Waals surface area contributed by atoms with Crippen LogP contribution in [0.3, 0.4) is 0 Å². The van der Waals surface area contributed by atoms with Crippen molar-refractivity contribution in [3.8, 4) is 5.69 Å². The first-order valence-electron chi connectivity index (χ1n) is 7.53. The molecule has 1 fully saturated rings. The molecule has 118 valence electrons. The highest BCUT2D eigenvalue weighted by atomic mass is 35.5. The minimum Gasteiger partial charge on any atom is -0.376 e. The SMILES string of the molecule is O=c1c2cnn(-c3cccc(Cl)c3)c2ncn1CC1CCCO1. The number of ether oxygens (including phenoxy) is 1. The second-order valence-electron chi connectivity index (χ2n) is 5.61. The molecule has 4 rings (SSSR count). The summed E-state index contributed by atoms with van der Waals surface area (Å²) in [4.78, 5) is 17.0. The van der Waals surface area contributed by atoms with Gasteiger partial charge in [0.15, 0.2) is 5.65 Å². The highest BCUT2D eigenvalue weighted by Gasteiger charge is 2.18. The molecule has 0 amide bonds. The minimum absolute atomic E-state index is 0.0925. The number of halogens is 1. The molecule has 3 aromatic rings. The fourth-order valence-corrected chi connectivity index (χ4v) is 3.07. The molecule has 0 N–H and O–H groups in total. The molecule has 1 aliphatic heterocycles. The van der Waals surface area contributed by atoms with Crippen LogP contribution in [0.15, 0.2) is 41.6 Å². The van der Waals surface area contributed by atoms with E-state index < -0.39 is 0 Å². The fraction of sp³-hybridized carbons (Fsp3) is 0.312. The van der Waals surface area contributed by atoms with Gasteiger partial charge in [-0.25, -0.2) is 9.67 Å². The number of benzene rings is 1. The summed E-state index contributed by atoms with van der Waals surface area (Å²) < 4.78 is 8.81. The highest BCUT2D eigenvalue weighted by molar-refractivity contribution is 6.30. The Morgan fingerprint density at radius 2 is 2.30 bits per heavy atom. The number of hydrogen-bond donors (Lipinski definition) is 0. The van der Waals surface area contributed by atoms with E-state index in [9.17, 15) is 4.79 Å². The minimum atomic E-state index is -0.0984. The van der Waals surface area contributed by atoms with Crippen LogP contribution < -0.4 is 5.56 Å². The highest BCUT2D eigenvalue weighted by Crippen LogP contribution is 2.18. The lowest BCUT2D eigenvalue weighted by Gasteiger charge is -2.11. The molecule has 0 saturated carbocycles. The Morgan fingerprint density at radius 3 is 3.09 bits per heavy atom. The van der Waals surface area contributed by atoms with Gasteiger partial charge >= 0.3 is 0 Å². The van der Waals surface area contributed by atoms with Gasteiger partial charge in [0.05, 0.1) is 24.5 Å². The summed E-state index contributed by atoms with van der Waals surface area (Å²) in [5.41, 5.74) is 1.20. The van der Waals surface area contributed by atoms with Crippen molar-refractivity contribution in [1.29, 1.82) is 0 Å². The molecule has 0 aliphatic carbocycles. The molecule has 6 nitrogen and oxygen atoms in total. The van der Waals surface area contributed by atoms with Crippen LogP contribution in [0.4, 0.5) is 0 Å². The quantitative estimate of drug-likeness (QED) is 0.740. The topological polar surface area (TPSA) is 61.9 Å². The molecule has 3 heterocycles. The van der Waals surface area contributed by atoms with Crippen LogP contribution >= 0.6 is 11.6 Å². The number of rotatable bonds is 3. The maximum atomic E-state index is 12.6. The van der Waals surface area contributed by atoms with Crippen molar-refractivity contribution in [2.24, 2.45) is 0 Å². The van der Waals surface area contributed by atoms with Gasteiger partial charge in [0.1, 0.15) is 11.7 Å². The molecular formula is C16H15ClN4O2. The van der Waals surface area contributed by atoms with Gasteiger partial charge in [0, 0.05) is 11.6 Å². The monoisotopic (exact) mass is 330 g/mol. The van der Waals surface area contributed by atoms with E-state index in [1.54, 1.807) is 33.9 Å². The molecule has 1 atom stereocenters. The van der Waals surface area contributed by atoms with Gasteiger partial charge in [-0.15, -0.1) is 0 Å². The van der Waals surface area contributed by atoms with Gasteiger partial charge in [-0.2, -0.15) is 5.10 Å². The van der Waals surface area contributed by atoms with E-state index >= 15 is 0 Å². The van der Waals surface area contributed by atoms with Crippen LogP contribution in [0.2, 0.25) is 5.02 Å². The molecule has 23 heavy (non-hydrogen) atoms. The molecule has 0 radical (unpaired) electrons. The molecule has 1 unspecified atom stereocenters. The number of fused-ring (bicyclic) bond motifs is 1. The third kappa shape index (κ3) is 2.64. The molecular weight excluding hydrogens is 316 g/mol. The summed E-state index contributed by atoms with van der Waals surface area (Å²) in [6.07, 6.45) is 5.23. The fourth-order valence-electron chi connectivity index (χ4n) is 2.88. The maximum absolute atomic E-state index is 12.6. The van der Waals surface area contributed by atoms with E-state index in [0.717, 1.165) is 25.1 Å². The van der Waals surface area contributed by atoms with Gasteiger partial charge in [0.25, 0.3) is 5.56 Å². The molecule has 1 saturated heterocycles. The second kappa shape index (κ2) is 5.79. The zero-order chi connectivity index (χ0) is 15.8. The van der Waals surface area contributed by atoms with Crippen molar-refractivity contribution < 1.29 is 4.74 Å². The molecule has 1 aromatic carbocycles. The summed E-state index contributed by atoms with van der Waals surface area (Å²) in [7, 11) is 0. The normalized spacial score (nSPS) is 17.9. The summed E-state index contributed by atoms with van der Waals surface area (Å²) in [5.74, 6) is 0. The Hall–Kier alpha value is -2.18. The first kappa shape index (κ1) is 14.4. The van der Waals surface area contributed by atoms with E-state index in [2.05, 4.69) is 10.1 Å². The van der Waals surface area contributed by atoms with Gasteiger partial charge in [-0.05, 0) is 31.0 Å². The Labute approximate surface area is 137 Å². The Morgan fingerprint density at radius 1 is 1.39 bits per heavy atom. The molecule has 2 aromatic heterocycles. The number of hydrogen-bond acceptors (Lipinski definition) is 4. The lowest BCUT2D eigenvalue weighted by molar-refractivity contribution is 0.0960. The maximum Gasteiger partial charge on any atom is 0.264 e. The van der Waals surface area contributed by atoms with Crippen LogP contribution in [0, 0.1) is 0 Å². The summed E-state index contributed by atoms with van der Waals surface area (Å²) in [6.45, 7) is 1.30. The third-order valence-electron chi connectivity index (χ3n) is 4.03. The van der Waals surface area contributed by atoms with Crippen molar-refractivity contribution in [3.63, 3.8) is 0 Å². The Kier molecular flexibility index (Phi) is 3.63. The smallest absolute Gasteiger partial charge is 0.264 e. The standard InChI is InChI=1S/C16H15ClN4O2/c17-11-3-1-4-12(7-11)21-15-14(8-19-21)16(22)20(10-18-15)9-13-5-2-6-23-13/h1,3-4,7-8,10,13H,2,5-6,9H2. The van der Waals surface area contributed by atoms with Gasteiger partial charge in [-0.1, -0.05) is 17.7 Å². The average Bonchev–Trinajstić information content (AvgIpc) is 3.20. The van der Waals surface area contributed by atoms with E-state index in [1.807, 2.05) is 12.1 Å². The largest absolute Gasteiger partial charge is 0.376 e. The molecule has 0 bridgehead atoms.